The van der Waals surface area contributed by atoms with Crippen molar-refractivity contribution in [3.63, 3.8) is 0 Å². The topological polar surface area (TPSA) is 111 Å². The maximum Gasteiger partial charge on any atom is 0.315 e. The molecule has 0 saturated heterocycles. The lowest BCUT2D eigenvalue weighted by Crippen LogP contribution is -2.47. The van der Waals surface area contributed by atoms with Gasteiger partial charge in [-0.05, 0) is 44.0 Å². The van der Waals surface area contributed by atoms with Crippen LogP contribution in [0.5, 0.6) is 5.75 Å². The van der Waals surface area contributed by atoms with Crippen LogP contribution in [-0.2, 0) is 18.4 Å². The molecule has 1 atom stereocenters. The van der Waals surface area contributed by atoms with Crippen LogP contribution >= 0.6 is 0 Å². The Morgan fingerprint density at radius 3 is 2.73 bits per heavy atom. The van der Waals surface area contributed by atoms with Gasteiger partial charge in [-0.1, -0.05) is 31.0 Å². The first kappa shape index (κ1) is 23.2. The van der Waals surface area contributed by atoms with Crippen molar-refractivity contribution in [3.8, 4) is 5.75 Å². The van der Waals surface area contributed by atoms with E-state index in [4.69, 9.17) is 5.41 Å². The van der Waals surface area contributed by atoms with Crippen LogP contribution in [0.25, 0.3) is 0 Å². The van der Waals surface area contributed by atoms with E-state index in [0.717, 1.165) is 43.4 Å². The number of carbonyl (C=O) groups is 1. The van der Waals surface area contributed by atoms with Gasteiger partial charge in [0.25, 0.3) is 5.91 Å². The van der Waals surface area contributed by atoms with Gasteiger partial charge in [0.05, 0.1) is 0 Å². The largest absolute Gasteiger partial charge is 0.501 e. The number of hydrogen-bond donors (Lipinski definition) is 3. The van der Waals surface area contributed by atoms with E-state index in [1.807, 2.05) is 26.1 Å². The average Bonchev–Trinajstić information content (AvgIpc) is 3.29. The molecule has 2 aromatic rings. The van der Waals surface area contributed by atoms with Gasteiger partial charge in [-0.2, -0.15) is 4.98 Å². The first-order valence-corrected chi connectivity index (χ1v) is 11.7. The lowest BCUT2D eigenvalue weighted by atomic mass is 9.75. The Hall–Kier alpha value is -3.00. The van der Waals surface area contributed by atoms with Crippen molar-refractivity contribution < 1.29 is 9.90 Å². The fraction of sp³-hybridized carbons (Fsp3) is 0.520. The number of nitrogens with zero attached hydrogens (tertiary/aromatic N) is 3. The van der Waals surface area contributed by atoms with E-state index >= 15 is 0 Å². The molecular weight excluding hydrogens is 418 g/mol. The first-order valence-electron chi connectivity index (χ1n) is 11.7. The molecule has 1 aromatic carbocycles. The van der Waals surface area contributed by atoms with Crippen LogP contribution in [0.3, 0.4) is 0 Å². The van der Waals surface area contributed by atoms with Gasteiger partial charge in [0.1, 0.15) is 5.82 Å². The molecule has 0 unspecified atom stereocenters. The number of amides is 1. The molecule has 8 heteroatoms. The van der Waals surface area contributed by atoms with Gasteiger partial charge in [0.15, 0.2) is 5.69 Å². The van der Waals surface area contributed by atoms with E-state index in [-0.39, 0.29) is 23.1 Å². The average molecular weight is 452 g/mol. The molecule has 3 N–H and O–H groups in total. The van der Waals surface area contributed by atoms with Crippen LogP contribution in [0.4, 0.5) is 0 Å². The van der Waals surface area contributed by atoms with E-state index < -0.39 is 11.3 Å². The second-order valence-electron chi connectivity index (χ2n) is 9.48. The summed E-state index contributed by atoms with van der Waals surface area (Å²) in [4.78, 5) is 31.2. The fourth-order valence-corrected chi connectivity index (χ4v) is 5.24. The van der Waals surface area contributed by atoms with Crippen molar-refractivity contribution in [2.45, 2.75) is 63.5 Å². The second kappa shape index (κ2) is 9.09. The summed E-state index contributed by atoms with van der Waals surface area (Å²) in [5.74, 6) is -0.367. The normalized spacial score (nSPS) is 19.5. The third kappa shape index (κ3) is 4.19. The Kier molecular flexibility index (Phi) is 6.38. The summed E-state index contributed by atoms with van der Waals surface area (Å²) in [5, 5.41) is 21.9. The zero-order valence-electron chi connectivity index (χ0n) is 19.6. The van der Waals surface area contributed by atoms with Crippen LogP contribution in [0.15, 0.2) is 29.1 Å². The van der Waals surface area contributed by atoms with Crippen LogP contribution in [0.2, 0.25) is 0 Å². The Labute approximate surface area is 194 Å². The number of fused-ring (bicyclic) bond motifs is 1. The Morgan fingerprint density at radius 1 is 1.30 bits per heavy atom. The van der Waals surface area contributed by atoms with Crippen molar-refractivity contribution in [2.75, 3.05) is 20.6 Å². The molecule has 2 heterocycles. The Bertz CT molecular complexity index is 1130. The molecule has 1 aliphatic heterocycles. The third-order valence-electron chi connectivity index (χ3n) is 7.38. The van der Waals surface area contributed by atoms with Crippen LogP contribution in [0, 0.1) is 5.41 Å². The maximum absolute atomic E-state index is 12.9. The number of likely N-dealkylation sites (N-methyl/N-ethyl adjacent to an activating group) is 1. The number of carbonyl (C=O) groups excluding carboxylic acids is 1. The minimum atomic E-state index is -0.747. The molecule has 0 spiro atoms. The molecule has 176 valence electrons. The van der Waals surface area contributed by atoms with E-state index in [0.29, 0.717) is 30.9 Å². The van der Waals surface area contributed by atoms with Gasteiger partial charge in [-0.15, -0.1) is 0 Å². The van der Waals surface area contributed by atoms with Crippen LogP contribution in [0.1, 0.15) is 66.5 Å². The summed E-state index contributed by atoms with van der Waals surface area (Å²) in [6.07, 6.45) is 5.24. The zero-order chi connectivity index (χ0) is 23.8. The Morgan fingerprint density at radius 2 is 2.03 bits per heavy atom. The van der Waals surface area contributed by atoms with Crippen molar-refractivity contribution in [1.82, 2.24) is 19.8 Å². The minimum absolute atomic E-state index is 0.0429. The number of rotatable bonds is 7. The molecule has 0 radical (unpaired) electrons. The van der Waals surface area contributed by atoms with Gasteiger partial charge in [0.2, 0.25) is 5.75 Å². The molecule has 1 amide bonds. The van der Waals surface area contributed by atoms with Gasteiger partial charge < -0.3 is 25.3 Å². The lowest BCUT2D eigenvalue weighted by molar-refractivity contribution is 0.0660. The summed E-state index contributed by atoms with van der Waals surface area (Å²) in [5.41, 5.74) is 1.74. The number of benzene rings is 1. The number of hydrogen-bond acceptors (Lipinski definition) is 6. The predicted molar refractivity (Wildman–Crippen MR) is 127 cm³/mol. The Balaban J connectivity index is 1.76. The molecule has 2 aliphatic rings. The van der Waals surface area contributed by atoms with Gasteiger partial charge >= 0.3 is 5.56 Å². The minimum Gasteiger partial charge on any atom is -0.501 e. The summed E-state index contributed by atoms with van der Waals surface area (Å²) >= 11 is 0. The van der Waals surface area contributed by atoms with Crippen molar-refractivity contribution in [2.24, 2.45) is 0 Å². The van der Waals surface area contributed by atoms with Crippen molar-refractivity contribution >= 4 is 11.6 Å². The smallest absolute Gasteiger partial charge is 0.315 e. The van der Waals surface area contributed by atoms with Crippen LogP contribution < -0.4 is 10.9 Å². The van der Waals surface area contributed by atoms with Gasteiger partial charge in [-0.3, -0.25) is 9.59 Å². The van der Waals surface area contributed by atoms with E-state index in [1.54, 1.807) is 16.5 Å². The first-order chi connectivity index (χ1) is 15.8. The molecule has 1 aromatic heterocycles. The summed E-state index contributed by atoms with van der Waals surface area (Å²) in [6, 6.07) is 8.14. The van der Waals surface area contributed by atoms with E-state index in [2.05, 4.69) is 22.4 Å². The third-order valence-corrected chi connectivity index (χ3v) is 7.38. The highest BCUT2D eigenvalue weighted by Gasteiger charge is 2.39. The lowest BCUT2D eigenvalue weighted by Gasteiger charge is -2.36. The maximum atomic E-state index is 12.9. The highest BCUT2D eigenvalue weighted by atomic mass is 16.3. The quantitative estimate of drug-likeness (QED) is 0.560. The van der Waals surface area contributed by atoms with Crippen molar-refractivity contribution in [1.29, 1.82) is 5.41 Å². The summed E-state index contributed by atoms with van der Waals surface area (Å²) in [7, 11) is 3.57. The van der Waals surface area contributed by atoms with E-state index in [1.165, 1.54) is 0 Å². The van der Waals surface area contributed by atoms with E-state index in [9.17, 15) is 14.7 Å². The molecule has 4 rings (SSSR count). The fourth-order valence-electron chi connectivity index (χ4n) is 5.24. The standard InChI is InChI=1S/C25H33N5O3/c1-16-15-30-20(28-23(32)22(31)21(30)24(33)29(16)3)14-25(10-4-5-11-25)18-8-6-7-17(13-18)19(26)9-12-27-2/h6-8,13,16,26-27,31H,4-5,9-12,14-15H2,1-3H3/t16-/m0/s1. The second-order valence-corrected chi connectivity index (χ2v) is 9.48. The highest BCUT2D eigenvalue weighted by Crippen LogP contribution is 2.44. The monoisotopic (exact) mass is 451 g/mol. The number of nitrogens with one attached hydrogen (secondary N) is 2. The molecule has 33 heavy (non-hydrogen) atoms. The zero-order valence-corrected chi connectivity index (χ0v) is 19.6. The summed E-state index contributed by atoms with van der Waals surface area (Å²) in [6.45, 7) is 3.19. The summed E-state index contributed by atoms with van der Waals surface area (Å²) < 4.78 is 1.75. The SMILES string of the molecule is CNCCC(=N)c1cccc(C2(Cc3nc(=O)c(O)c4n3C[C@H](C)N(C)C4=O)CCCC2)c1. The highest BCUT2D eigenvalue weighted by molar-refractivity contribution is 5.98. The van der Waals surface area contributed by atoms with Gasteiger partial charge in [0, 0.05) is 50.1 Å². The molecule has 0 bridgehead atoms. The molecule has 1 fully saturated rings. The molecule has 1 saturated carbocycles. The van der Waals surface area contributed by atoms with Crippen LogP contribution in [-0.4, -0.2) is 57.9 Å². The number of aromatic hydroxyl groups is 1. The molecule has 8 nitrogen and oxygen atoms in total. The number of aromatic nitrogens is 2. The van der Waals surface area contributed by atoms with Gasteiger partial charge in [-0.25, -0.2) is 0 Å². The molecular formula is C25H33N5O3. The van der Waals surface area contributed by atoms with Crippen molar-refractivity contribution in [3.05, 3.63) is 57.3 Å². The molecule has 1 aliphatic carbocycles. The predicted octanol–water partition coefficient (Wildman–Crippen LogP) is 2.45.